The first-order valence-corrected chi connectivity index (χ1v) is 7.83. The van der Waals surface area contributed by atoms with Gasteiger partial charge in [0.15, 0.2) is 11.8 Å². The van der Waals surface area contributed by atoms with Crippen molar-refractivity contribution in [3.05, 3.63) is 53.3 Å². The molecule has 2 aromatic carbocycles. The van der Waals surface area contributed by atoms with Crippen LogP contribution in [0.1, 0.15) is 30.9 Å². The van der Waals surface area contributed by atoms with E-state index >= 15 is 0 Å². The van der Waals surface area contributed by atoms with Crippen LogP contribution < -0.4 is 4.48 Å². The van der Waals surface area contributed by atoms with Crippen LogP contribution in [-0.4, -0.2) is 25.0 Å². The van der Waals surface area contributed by atoms with Gasteiger partial charge in [-0.15, -0.1) is 0 Å². The Morgan fingerprint density at radius 2 is 1.82 bits per heavy atom. The second-order valence-corrected chi connectivity index (χ2v) is 6.80. The number of nitrogens with zero attached hydrogens (tertiary/aromatic N) is 1. The fourth-order valence-electron chi connectivity index (χ4n) is 4.18. The molecule has 112 valence electrons. The highest BCUT2D eigenvalue weighted by Crippen LogP contribution is 2.51. The molecule has 1 atom stereocenters. The molecule has 2 aliphatic rings. The molecule has 1 heterocycles. The Morgan fingerprint density at radius 3 is 2.55 bits per heavy atom. The number of ketones is 1. The number of carbonyl (C=O) groups is 1. The van der Waals surface area contributed by atoms with Gasteiger partial charge >= 0.3 is 0 Å². The molecule has 0 unspecified atom stereocenters. The molecule has 0 spiro atoms. The number of hydrogen-bond donors (Lipinski definition) is 1. The van der Waals surface area contributed by atoms with Crippen molar-refractivity contribution < 1.29 is 9.90 Å². The first-order valence-electron chi connectivity index (χ1n) is 7.83. The van der Waals surface area contributed by atoms with E-state index in [-0.39, 0.29) is 17.6 Å². The summed E-state index contributed by atoms with van der Waals surface area (Å²) in [5.74, 6) is 0.391. The summed E-state index contributed by atoms with van der Waals surface area (Å²) < 4.78 is 0.585. The number of aliphatic hydroxyl groups excluding tert-OH is 1. The molecule has 0 saturated carbocycles. The summed E-state index contributed by atoms with van der Waals surface area (Å²) in [6.07, 6.45) is 1.91. The average molecular weight is 294 g/mol. The molecule has 3 nitrogen and oxygen atoms in total. The Balaban J connectivity index is 2.04. The van der Waals surface area contributed by atoms with Crippen molar-refractivity contribution in [2.45, 2.75) is 25.3 Å². The van der Waals surface area contributed by atoms with Crippen LogP contribution in [0.4, 0.5) is 5.69 Å². The smallest absolute Gasteiger partial charge is 0.168 e. The highest BCUT2D eigenvalue weighted by Gasteiger charge is 2.47. The zero-order chi connectivity index (χ0) is 15.5. The Bertz CT molecular complexity index is 827. The van der Waals surface area contributed by atoms with E-state index in [1.165, 1.54) is 16.5 Å². The quantitative estimate of drug-likeness (QED) is 0.806. The topological polar surface area (TPSA) is 37.3 Å². The molecular weight excluding hydrogens is 274 g/mol. The number of aliphatic hydroxyl groups is 1. The normalized spacial score (nSPS) is 23.4. The van der Waals surface area contributed by atoms with Crippen LogP contribution in [0.3, 0.4) is 0 Å². The third-order valence-corrected chi connectivity index (χ3v) is 5.18. The second-order valence-electron chi connectivity index (χ2n) is 6.80. The molecule has 4 rings (SSSR count). The van der Waals surface area contributed by atoms with E-state index in [0.717, 1.165) is 12.0 Å². The van der Waals surface area contributed by atoms with Gasteiger partial charge in [0.1, 0.15) is 11.4 Å². The van der Waals surface area contributed by atoms with Gasteiger partial charge in [-0.1, -0.05) is 30.3 Å². The minimum Gasteiger partial charge on any atom is -0.512 e. The van der Waals surface area contributed by atoms with Gasteiger partial charge in [-0.2, -0.15) is 0 Å². The van der Waals surface area contributed by atoms with Crippen molar-refractivity contribution in [2.24, 2.45) is 0 Å². The van der Waals surface area contributed by atoms with Crippen LogP contribution in [0.25, 0.3) is 10.8 Å². The molecule has 3 heteroatoms. The lowest BCUT2D eigenvalue weighted by Crippen LogP contribution is -2.44. The standard InChI is InChI=1S/C19H19NO2/c1-20(2)14-9-4-7-12-6-3-8-13(17(12)14)19(20)18-15(21)10-5-11-16(18)22/h3-4,6-9,19H,5,10-11H2,1-2H3/p+1/t19-/m0/s1. The van der Waals surface area contributed by atoms with Gasteiger partial charge in [0.2, 0.25) is 0 Å². The van der Waals surface area contributed by atoms with Gasteiger partial charge in [-0.3, -0.25) is 9.28 Å². The van der Waals surface area contributed by atoms with Crippen LogP contribution in [0.2, 0.25) is 0 Å². The van der Waals surface area contributed by atoms with Gasteiger partial charge in [-0.25, -0.2) is 0 Å². The minimum absolute atomic E-state index is 0.102. The van der Waals surface area contributed by atoms with Gasteiger partial charge in [0.05, 0.1) is 25.1 Å². The molecule has 1 aliphatic carbocycles. The van der Waals surface area contributed by atoms with Crippen LogP contribution in [0.15, 0.2) is 47.7 Å². The summed E-state index contributed by atoms with van der Waals surface area (Å²) in [5.41, 5.74) is 3.01. The number of rotatable bonds is 1. The number of hydrogen-bond acceptors (Lipinski definition) is 2. The van der Waals surface area contributed by atoms with E-state index < -0.39 is 0 Å². The number of Topliss-reactive ketones (excluding diaryl/α,β-unsaturated/α-hetero) is 1. The fourth-order valence-corrected chi connectivity index (χ4v) is 4.18. The number of benzene rings is 2. The van der Waals surface area contributed by atoms with E-state index in [1.54, 1.807) is 0 Å². The highest BCUT2D eigenvalue weighted by atomic mass is 16.3. The third-order valence-electron chi connectivity index (χ3n) is 5.18. The summed E-state index contributed by atoms with van der Waals surface area (Å²) in [4.78, 5) is 12.5. The summed E-state index contributed by atoms with van der Waals surface area (Å²) in [7, 11) is 4.25. The SMILES string of the molecule is C[N+]1(C)c2cccc3cccc(c23)[C@H]1C1=C(O)CCCC1=O. The van der Waals surface area contributed by atoms with Crippen molar-refractivity contribution in [3.8, 4) is 0 Å². The van der Waals surface area contributed by atoms with Crippen LogP contribution in [0, 0.1) is 0 Å². The fraction of sp³-hybridized carbons (Fsp3) is 0.316. The van der Waals surface area contributed by atoms with Gasteiger partial charge in [0, 0.05) is 18.4 Å². The van der Waals surface area contributed by atoms with Crippen molar-refractivity contribution in [3.63, 3.8) is 0 Å². The van der Waals surface area contributed by atoms with E-state index in [1.807, 2.05) is 6.07 Å². The van der Waals surface area contributed by atoms with E-state index in [2.05, 4.69) is 44.4 Å². The Hall–Kier alpha value is -2.13. The summed E-state index contributed by atoms with van der Waals surface area (Å²) >= 11 is 0. The first-order chi connectivity index (χ1) is 10.5. The molecule has 1 aliphatic heterocycles. The molecule has 0 saturated heterocycles. The van der Waals surface area contributed by atoms with Crippen molar-refractivity contribution in [1.29, 1.82) is 0 Å². The van der Waals surface area contributed by atoms with Crippen molar-refractivity contribution in [1.82, 2.24) is 4.48 Å². The monoisotopic (exact) mass is 294 g/mol. The molecule has 1 N–H and O–H groups in total. The lowest BCUT2D eigenvalue weighted by molar-refractivity contribution is -0.117. The van der Waals surface area contributed by atoms with Gasteiger partial charge in [0.25, 0.3) is 0 Å². The molecule has 22 heavy (non-hydrogen) atoms. The highest BCUT2D eigenvalue weighted by molar-refractivity contribution is 6.04. The molecular formula is C19H20NO2+. The largest absolute Gasteiger partial charge is 0.512 e. The first kappa shape index (κ1) is 13.5. The molecule has 0 aromatic heterocycles. The average Bonchev–Trinajstić information content (AvgIpc) is 2.71. The molecule has 0 radical (unpaired) electrons. The summed E-state index contributed by atoms with van der Waals surface area (Å²) in [6.45, 7) is 0. The van der Waals surface area contributed by atoms with Gasteiger partial charge < -0.3 is 5.11 Å². The summed E-state index contributed by atoms with van der Waals surface area (Å²) in [6, 6.07) is 12.5. The maximum atomic E-state index is 12.5. The van der Waals surface area contributed by atoms with E-state index in [0.29, 0.717) is 22.9 Å². The molecule has 0 amide bonds. The lowest BCUT2D eigenvalue weighted by Gasteiger charge is -2.35. The van der Waals surface area contributed by atoms with E-state index in [4.69, 9.17) is 0 Å². The molecule has 0 bridgehead atoms. The van der Waals surface area contributed by atoms with Crippen molar-refractivity contribution in [2.75, 3.05) is 14.1 Å². The third kappa shape index (κ3) is 1.63. The number of carbonyl (C=O) groups excluding carboxylic acids is 1. The minimum atomic E-state index is -0.103. The molecule has 0 fully saturated rings. The maximum absolute atomic E-state index is 12.5. The molecule has 2 aromatic rings. The number of quaternary nitrogens is 1. The lowest BCUT2D eigenvalue weighted by atomic mass is 9.86. The number of likely N-dealkylation sites (N-methyl/N-ethyl adjacent to an activating group) is 1. The zero-order valence-electron chi connectivity index (χ0n) is 13.0. The predicted octanol–water partition coefficient (Wildman–Crippen LogP) is 4.03. The zero-order valence-corrected chi connectivity index (χ0v) is 13.0. The summed E-state index contributed by atoms with van der Waals surface area (Å²) in [5, 5.41) is 12.9. The van der Waals surface area contributed by atoms with Crippen LogP contribution in [-0.2, 0) is 4.79 Å². The Kier molecular flexibility index (Phi) is 2.73. The maximum Gasteiger partial charge on any atom is 0.168 e. The van der Waals surface area contributed by atoms with Gasteiger partial charge in [-0.05, 0) is 17.9 Å². The van der Waals surface area contributed by atoms with Crippen LogP contribution in [0.5, 0.6) is 0 Å². The van der Waals surface area contributed by atoms with Crippen LogP contribution >= 0.6 is 0 Å². The van der Waals surface area contributed by atoms with Crippen molar-refractivity contribution >= 4 is 22.2 Å². The van der Waals surface area contributed by atoms with E-state index in [9.17, 15) is 9.90 Å². The Labute approximate surface area is 130 Å². The second kappa shape index (κ2) is 4.43. The number of allylic oxidation sites excluding steroid dienone is 1. The predicted molar refractivity (Wildman–Crippen MR) is 88.8 cm³/mol. The Morgan fingerprint density at radius 1 is 1.09 bits per heavy atom.